The van der Waals surface area contributed by atoms with E-state index in [2.05, 4.69) is 15.3 Å². The standard InChI is InChI=1S/C26H19ClN6O6/c1-16(34)31(19-13-11-18(27)12-14-19)22(35)15-23(36)32-26(37)25(24(30-32)17-7-3-2-4-8-17)29-28-20-9-5-6-10-21(20)33(38)39/h2-14,25H,15H2,1H3. The lowest BCUT2D eigenvalue weighted by molar-refractivity contribution is -0.384. The maximum atomic E-state index is 13.3. The highest BCUT2D eigenvalue weighted by Gasteiger charge is 2.41. The minimum Gasteiger partial charge on any atom is -0.274 e. The van der Waals surface area contributed by atoms with E-state index in [1.54, 1.807) is 30.3 Å². The number of para-hydroxylation sites is 1. The number of hydrazone groups is 1. The zero-order chi connectivity index (χ0) is 28.1. The topological polar surface area (TPSA) is 155 Å². The minimum absolute atomic E-state index is 0.0601. The predicted molar refractivity (Wildman–Crippen MR) is 140 cm³/mol. The molecule has 1 heterocycles. The molecule has 0 spiro atoms. The highest BCUT2D eigenvalue weighted by atomic mass is 35.5. The summed E-state index contributed by atoms with van der Waals surface area (Å²) in [6.45, 7) is 1.16. The number of hydrogen-bond acceptors (Lipinski definition) is 9. The van der Waals surface area contributed by atoms with Gasteiger partial charge in [-0.2, -0.15) is 15.2 Å². The second-order valence-corrected chi connectivity index (χ2v) is 8.60. The van der Waals surface area contributed by atoms with Gasteiger partial charge in [-0.1, -0.05) is 54.1 Å². The van der Waals surface area contributed by atoms with Gasteiger partial charge in [0.2, 0.25) is 11.8 Å². The van der Waals surface area contributed by atoms with Crippen molar-refractivity contribution in [1.29, 1.82) is 0 Å². The summed E-state index contributed by atoms with van der Waals surface area (Å²) in [5.41, 5.74) is 0.287. The Labute approximate surface area is 226 Å². The summed E-state index contributed by atoms with van der Waals surface area (Å²) in [4.78, 5) is 63.0. The van der Waals surface area contributed by atoms with Gasteiger partial charge in [0.25, 0.3) is 17.5 Å². The maximum absolute atomic E-state index is 13.3. The molecule has 0 saturated heterocycles. The number of azo groups is 1. The first-order valence-electron chi connectivity index (χ1n) is 11.4. The van der Waals surface area contributed by atoms with E-state index < -0.39 is 41.0 Å². The van der Waals surface area contributed by atoms with Crippen LogP contribution in [-0.2, 0) is 19.2 Å². The van der Waals surface area contributed by atoms with Crippen molar-refractivity contribution in [3.63, 3.8) is 0 Å². The molecule has 0 saturated carbocycles. The van der Waals surface area contributed by atoms with Gasteiger partial charge in [-0.3, -0.25) is 34.2 Å². The molecular weight excluding hydrogens is 528 g/mol. The van der Waals surface area contributed by atoms with E-state index in [0.29, 0.717) is 15.6 Å². The van der Waals surface area contributed by atoms with Crippen LogP contribution in [0, 0.1) is 10.1 Å². The van der Waals surface area contributed by atoms with E-state index in [1.165, 1.54) is 48.5 Å². The molecule has 39 heavy (non-hydrogen) atoms. The van der Waals surface area contributed by atoms with E-state index in [9.17, 15) is 29.3 Å². The monoisotopic (exact) mass is 546 g/mol. The first-order valence-corrected chi connectivity index (χ1v) is 11.8. The van der Waals surface area contributed by atoms with Gasteiger partial charge in [-0.05, 0) is 30.3 Å². The third kappa shape index (κ3) is 5.91. The smallest absolute Gasteiger partial charge is 0.274 e. The number of rotatable bonds is 7. The van der Waals surface area contributed by atoms with Crippen molar-refractivity contribution in [2.75, 3.05) is 4.90 Å². The van der Waals surface area contributed by atoms with E-state index in [1.807, 2.05) is 0 Å². The Morgan fingerprint density at radius 1 is 1.03 bits per heavy atom. The number of halogens is 1. The van der Waals surface area contributed by atoms with E-state index in [-0.39, 0.29) is 22.8 Å². The average Bonchev–Trinajstić information content (AvgIpc) is 3.25. The molecule has 12 nitrogen and oxygen atoms in total. The zero-order valence-corrected chi connectivity index (χ0v) is 21.1. The molecule has 0 aliphatic carbocycles. The Kier molecular flexibility index (Phi) is 7.96. The molecule has 0 radical (unpaired) electrons. The van der Waals surface area contributed by atoms with E-state index in [0.717, 1.165) is 11.8 Å². The SMILES string of the molecule is CC(=O)N(C(=O)CC(=O)N1N=C(c2ccccc2)C(N=Nc2ccccc2[N+](=O)[O-])C1=O)c1ccc(Cl)cc1. The van der Waals surface area contributed by atoms with Crippen molar-refractivity contribution >= 4 is 58.0 Å². The third-order valence-electron chi connectivity index (χ3n) is 5.53. The van der Waals surface area contributed by atoms with Crippen LogP contribution in [-0.4, -0.2) is 45.3 Å². The highest BCUT2D eigenvalue weighted by molar-refractivity contribution is 6.30. The molecule has 3 aromatic carbocycles. The highest BCUT2D eigenvalue weighted by Crippen LogP contribution is 2.28. The van der Waals surface area contributed by atoms with Crippen molar-refractivity contribution in [2.45, 2.75) is 19.4 Å². The van der Waals surface area contributed by atoms with Gasteiger partial charge >= 0.3 is 0 Å². The van der Waals surface area contributed by atoms with Crippen LogP contribution in [0.4, 0.5) is 17.1 Å². The number of nitrogens with zero attached hydrogens (tertiary/aromatic N) is 6. The fourth-order valence-electron chi connectivity index (χ4n) is 3.75. The van der Waals surface area contributed by atoms with Crippen LogP contribution in [0.15, 0.2) is 94.2 Å². The zero-order valence-electron chi connectivity index (χ0n) is 20.3. The van der Waals surface area contributed by atoms with Gasteiger partial charge in [-0.25, -0.2) is 0 Å². The molecule has 196 valence electrons. The Balaban J connectivity index is 1.62. The number of carbonyl (C=O) groups excluding carboxylic acids is 4. The number of carbonyl (C=O) groups is 4. The maximum Gasteiger partial charge on any atom is 0.296 e. The molecule has 4 rings (SSSR count). The number of anilines is 1. The second-order valence-electron chi connectivity index (χ2n) is 8.16. The average molecular weight is 547 g/mol. The molecule has 1 unspecified atom stereocenters. The summed E-state index contributed by atoms with van der Waals surface area (Å²) in [5.74, 6) is -3.44. The lowest BCUT2D eigenvalue weighted by Gasteiger charge is -2.20. The summed E-state index contributed by atoms with van der Waals surface area (Å²) in [6.07, 6.45) is -0.854. The van der Waals surface area contributed by atoms with Crippen LogP contribution in [0.5, 0.6) is 0 Å². The number of benzene rings is 3. The summed E-state index contributed by atoms with van der Waals surface area (Å²) in [7, 11) is 0. The largest absolute Gasteiger partial charge is 0.296 e. The lowest BCUT2D eigenvalue weighted by Crippen LogP contribution is -2.41. The Hall–Kier alpha value is -5.10. The van der Waals surface area contributed by atoms with Gasteiger partial charge in [0.1, 0.15) is 12.1 Å². The molecule has 0 N–H and O–H groups in total. The number of imide groups is 2. The number of nitro benzene ring substituents is 1. The quantitative estimate of drug-likeness (QED) is 0.184. The van der Waals surface area contributed by atoms with Gasteiger partial charge < -0.3 is 0 Å². The van der Waals surface area contributed by atoms with Crippen molar-refractivity contribution in [2.24, 2.45) is 15.3 Å². The van der Waals surface area contributed by atoms with Gasteiger partial charge in [0.05, 0.1) is 10.6 Å². The fourth-order valence-corrected chi connectivity index (χ4v) is 3.88. The van der Waals surface area contributed by atoms with Crippen LogP contribution in [0.25, 0.3) is 0 Å². The molecule has 0 bridgehead atoms. The van der Waals surface area contributed by atoms with Gasteiger partial charge in [-0.15, -0.1) is 5.11 Å². The number of nitro groups is 1. The van der Waals surface area contributed by atoms with Crippen molar-refractivity contribution in [3.8, 4) is 0 Å². The Morgan fingerprint density at radius 3 is 2.31 bits per heavy atom. The van der Waals surface area contributed by atoms with Crippen LogP contribution < -0.4 is 4.90 Å². The molecule has 1 aliphatic rings. The molecule has 4 amide bonds. The van der Waals surface area contributed by atoms with Crippen molar-refractivity contribution < 1.29 is 24.1 Å². The Bertz CT molecular complexity index is 1520. The third-order valence-corrected chi connectivity index (χ3v) is 5.78. The number of amides is 4. The second kappa shape index (κ2) is 11.5. The Morgan fingerprint density at radius 2 is 1.67 bits per heavy atom. The van der Waals surface area contributed by atoms with Crippen LogP contribution in [0.2, 0.25) is 5.02 Å². The fraction of sp³-hybridized carbons (Fsp3) is 0.115. The first kappa shape index (κ1) is 26.9. The van der Waals surface area contributed by atoms with E-state index in [4.69, 9.17) is 11.6 Å². The van der Waals surface area contributed by atoms with Crippen LogP contribution in [0.3, 0.4) is 0 Å². The molecule has 1 atom stereocenters. The lowest BCUT2D eigenvalue weighted by atomic mass is 10.0. The molecular formula is C26H19ClN6O6. The molecule has 1 aliphatic heterocycles. The number of hydrogen-bond donors (Lipinski definition) is 0. The van der Waals surface area contributed by atoms with Crippen LogP contribution in [0.1, 0.15) is 18.9 Å². The van der Waals surface area contributed by atoms with Crippen molar-refractivity contribution in [3.05, 3.63) is 99.6 Å². The molecule has 3 aromatic rings. The van der Waals surface area contributed by atoms with Crippen LogP contribution >= 0.6 is 11.6 Å². The first-order chi connectivity index (χ1) is 18.7. The van der Waals surface area contributed by atoms with Gasteiger partial charge in [0.15, 0.2) is 11.7 Å². The molecule has 13 heteroatoms. The predicted octanol–water partition coefficient (Wildman–Crippen LogP) is 4.44. The summed E-state index contributed by atoms with van der Waals surface area (Å²) in [5, 5.41) is 24.2. The van der Waals surface area contributed by atoms with Gasteiger partial charge in [0, 0.05) is 23.6 Å². The summed E-state index contributed by atoms with van der Waals surface area (Å²) >= 11 is 5.88. The van der Waals surface area contributed by atoms with Crippen molar-refractivity contribution in [1.82, 2.24) is 5.01 Å². The summed E-state index contributed by atoms with van der Waals surface area (Å²) in [6, 6.07) is 18.4. The van der Waals surface area contributed by atoms with E-state index >= 15 is 0 Å². The summed E-state index contributed by atoms with van der Waals surface area (Å²) < 4.78 is 0. The molecule has 0 fully saturated rings. The minimum atomic E-state index is -1.41. The molecule has 0 aromatic heterocycles. The normalized spacial score (nSPS) is 14.8.